The molecule has 0 spiro atoms. The van der Waals surface area contributed by atoms with Crippen molar-refractivity contribution in [2.45, 2.75) is 41.6 Å². The van der Waals surface area contributed by atoms with Crippen LogP contribution >= 0.6 is 11.6 Å². The molecule has 0 aromatic heterocycles. The van der Waals surface area contributed by atoms with Gasteiger partial charge in [0.1, 0.15) is 0 Å². The highest BCUT2D eigenvalue weighted by Crippen LogP contribution is 2.68. The normalized spacial score (nSPS) is 30.7. The highest BCUT2D eigenvalue weighted by Gasteiger charge is 3.00. The number of rotatable bonds is 2. The van der Waals surface area contributed by atoms with E-state index in [4.69, 9.17) is 5.11 Å². The molecule has 1 aliphatic carbocycles. The Bertz CT molecular complexity index is 444. The molecule has 0 radical (unpaired) electrons. The van der Waals surface area contributed by atoms with Crippen molar-refractivity contribution in [1.29, 1.82) is 0 Å². The Morgan fingerprint density at radius 1 is 0.714 bits per heavy atom. The predicted octanol–water partition coefficient (Wildman–Crippen LogP) is 3.06. The molecule has 0 heterocycles. The molecule has 13 heteroatoms. The summed E-state index contributed by atoms with van der Waals surface area (Å²) in [6, 6.07) is 0. The lowest BCUT2D eigenvalue weighted by Crippen LogP contribution is -2.85. The SMILES string of the molecule is O=C(Cl)CC1(O)C(F)(F)C(F)(F)C(F)(F)C(F)(F)C1(F)F. The molecule has 0 atom stereocenters. The Kier molecular flexibility index (Phi) is 3.61. The first kappa shape index (κ1) is 18.3. The Labute approximate surface area is 113 Å². The van der Waals surface area contributed by atoms with Gasteiger partial charge in [-0.15, -0.1) is 0 Å². The van der Waals surface area contributed by atoms with Crippen molar-refractivity contribution in [2.75, 3.05) is 0 Å². The summed E-state index contributed by atoms with van der Waals surface area (Å²) in [6.45, 7) is 0. The van der Waals surface area contributed by atoms with Gasteiger partial charge < -0.3 is 5.11 Å². The lowest BCUT2D eigenvalue weighted by molar-refractivity contribution is -0.494. The van der Waals surface area contributed by atoms with Crippen molar-refractivity contribution in [2.24, 2.45) is 0 Å². The van der Waals surface area contributed by atoms with Crippen LogP contribution in [-0.4, -0.2) is 45.6 Å². The first-order valence-electron chi connectivity index (χ1n) is 4.71. The van der Waals surface area contributed by atoms with E-state index in [1.54, 1.807) is 0 Å². The van der Waals surface area contributed by atoms with Crippen molar-refractivity contribution < 1.29 is 53.8 Å². The molecular weight excluding hydrogens is 354 g/mol. The molecule has 21 heavy (non-hydrogen) atoms. The Morgan fingerprint density at radius 3 is 1.19 bits per heavy atom. The third-order valence-corrected chi connectivity index (χ3v) is 3.14. The molecule has 2 nitrogen and oxygen atoms in total. The van der Waals surface area contributed by atoms with Gasteiger partial charge in [-0.2, -0.15) is 43.9 Å². The average Bonchev–Trinajstić information content (AvgIpc) is 2.25. The molecule has 0 unspecified atom stereocenters. The van der Waals surface area contributed by atoms with Crippen molar-refractivity contribution in [3.63, 3.8) is 0 Å². The van der Waals surface area contributed by atoms with Crippen LogP contribution in [0, 0.1) is 0 Å². The van der Waals surface area contributed by atoms with Crippen LogP contribution in [-0.2, 0) is 4.79 Å². The van der Waals surface area contributed by atoms with Crippen LogP contribution in [0.1, 0.15) is 6.42 Å². The topological polar surface area (TPSA) is 37.3 Å². The first-order chi connectivity index (χ1) is 8.92. The second-order valence-corrected chi connectivity index (χ2v) is 4.69. The number of hydrogen-bond donors (Lipinski definition) is 1. The van der Waals surface area contributed by atoms with Crippen LogP contribution in [0.4, 0.5) is 43.9 Å². The molecule has 1 saturated carbocycles. The van der Waals surface area contributed by atoms with Gasteiger partial charge in [-0.25, -0.2) is 0 Å². The van der Waals surface area contributed by atoms with Crippen LogP contribution in [0.3, 0.4) is 0 Å². The minimum Gasteiger partial charge on any atom is -0.377 e. The summed E-state index contributed by atoms with van der Waals surface area (Å²) in [7, 11) is 0. The highest BCUT2D eigenvalue weighted by molar-refractivity contribution is 6.63. The summed E-state index contributed by atoms with van der Waals surface area (Å²) < 4.78 is 130. The number of alkyl halides is 10. The van der Waals surface area contributed by atoms with Crippen LogP contribution in [0.25, 0.3) is 0 Å². The van der Waals surface area contributed by atoms with Crippen molar-refractivity contribution in [1.82, 2.24) is 0 Å². The predicted molar refractivity (Wildman–Crippen MR) is 45.2 cm³/mol. The average molecular weight is 357 g/mol. The van der Waals surface area contributed by atoms with E-state index in [0.29, 0.717) is 0 Å². The zero-order chi connectivity index (χ0) is 17.3. The highest BCUT2D eigenvalue weighted by atomic mass is 35.5. The molecule has 1 N–H and O–H groups in total. The van der Waals surface area contributed by atoms with Gasteiger partial charge >= 0.3 is 29.6 Å². The van der Waals surface area contributed by atoms with Gasteiger partial charge in [0.05, 0.1) is 6.42 Å². The number of carbonyl (C=O) groups excluding carboxylic acids is 1. The van der Waals surface area contributed by atoms with Gasteiger partial charge in [-0.05, 0) is 11.6 Å². The van der Waals surface area contributed by atoms with Crippen LogP contribution in [0.2, 0.25) is 0 Å². The molecule has 0 bridgehead atoms. The summed E-state index contributed by atoms with van der Waals surface area (Å²) in [5.41, 5.74) is -5.81. The second kappa shape index (κ2) is 4.15. The minimum atomic E-state index is -7.20. The molecule has 0 amide bonds. The lowest BCUT2D eigenvalue weighted by atomic mass is 9.70. The lowest BCUT2D eigenvalue weighted by Gasteiger charge is -2.53. The molecule has 0 saturated heterocycles. The van der Waals surface area contributed by atoms with Crippen molar-refractivity contribution in [3.8, 4) is 0 Å². The summed E-state index contributed by atoms with van der Waals surface area (Å²) >= 11 is 4.37. The third kappa shape index (κ3) is 1.68. The quantitative estimate of drug-likeness (QED) is 0.610. The fourth-order valence-corrected chi connectivity index (χ4v) is 1.92. The monoisotopic (exact) mass is 356 g/mol. The smallest absolute Gasteiger partial charge is 0.377 e. The van der Waals surface area contributed by atoms with Crippen LogP contribution in [0.15, 0.2) is 0 Å². The summed E-state index contributed by atoms with van der Waals surface area (Å²) in [5, 5.41) is 6.56. The molecule has 1 aliphatic rings. The number of hydrogen-bond acceptors (Lipinski definition) is 2. The molecule has 0 aromatic carbocycles. The Morgan fingerprint density at radius 2 is 0.952 bits per heavy atom. The van der Waals surface area contributed by atoms with E-state index in [9.17, 15) is 48.7 Å². The fourth-order valence-electron chi connectivity index (χ4n) is 1.73. The largest absolute Gasteiger partial charge is 0.384 e. The van der Waals surface area contributed by atoms with E-state index in [0.717, 1.165) is 0 Å². The maximum atomic E-state index is 13.2. The van der Waals surface area contributed by atoms with E-state index in [-0.39, 0.29) is 0 Å². The van der Waals surface area contributed by atoms with E-state index in [2.05, 4.69) is 11.6 Å². The van der Waals surface area contributed by atoms with E-state index in [1.165, 1.54) is 0 Å². The molecule has 1 fully saturated rings. The van der Waals surface area contributed by atoms with E-state index >= 15 is 0 Å². The fraction of sp³-hybridized carbons (Fsp3) is 0.875. The third-order valence-electron chi connectivity index (χ3n) is 3.01. The first-order valence-corrected chi connectivity index (χ1v) is 5.09. The molecular formula is C8H3ClF10O2. The number of halogens is 11. The summed E-state index contributed by atoms with van der Waals surface area (Å²) in [4.78, 5) is 10.3. The summed E-state index contributed by atoms with van der Waals surface area (Å²) in [6.07, 6.45) is -2.81. The maximum Gasteiger partial charge on any atom is 0.384 e. The maximum absolute atomic E-state index is 13.2. The second-order valence-electron chi connectivity index (χ2n) is 4.26. The van der Waals surface area contributed by atoms with Gasteiger partial charge in [0, 0.05) is 0 Å². The molecule has 0 aliphatic heterocycles. The minimum absolute atomic E-state index is 2.34. The number of aliphatic hydroxyl groups is 1. The molecule has 1 rings (SSSR count). The van der Waals surface area contributed by atoms with Crippen LogP contribution in [0.5, 0.6) is 0 Å². The standard InChI is InChI=1S/C8H3ClF10O2/c9-2(20)1-3(21)4(10,11)6(14,15)8(18,19)7(16,17)5(3,12)13/h21H,1H2. The van der Waals surface area contributed by atoms with Gasteiger partial charge in [0.15, 0.2) is 0 Å². The van der Waals surface area contributed by atoms with E-state index in [1.807, 2.05) is 0 Å². The van der Waals surface area contributed by atoms with Gasteiger partial charge in [-0.3, -0.25) is 4.79 Å². The Hall–Kier alpha value is -0.780. The zero-order valence-electron chi connectivity index (χ0n) is 9.22. The van der Waals surface area contributed by atoms with Gasteiger partial charge in [-0.1, -0.05) is 0 Å². The molecule has 0 aromatic rings. The van der Waals surface area contributed by atoms with Crippen molar-refractivity contribution >= 4 is 16.8 Å². The van der Waals surface area contributed by atoms with E-state index < -0.39 is 46.9 Å². The van der Waals surface area contributed by atoms with Crippen molar-refractivity contribution in [3.05, 3.63) is 0 Å². The van der Waals surface area contributed by atoms with Gasteiger partial charge in [0.2, 0.25) is 10.8 Å². The van der Waals surface area contributed by atoms with Gasteiger partial charge in [0.25, 0.3) is 0 Å². The molecule has 124 valence electrons. The van der Waals surface area contributed by atoms with Crippen LogP contribution < -0.4 is 0 Å². The zero-order valence-corrected chi connectivity index (χ0v) is 9.98. The summed E-state index contributed by atoms with van der Waals surface area (Å²) in [5.74, 6) is -34.9. The Balaban J connectivity index is 3.78. The number of carbonyl (C=O) groups is 1.